The highest BCUT2D eigenvalue weighted by Crippen LogP contribution is 2.21. The van der Waals surface area contributed by atoms with Crippen LogP contribution in [-0.2, 0) is 25.6 Å². The summed E-state index contributed by atoms with van der Waals surface area (Å²) in [6, 6.07) is 4.02. The first kappa shape index (κ1) is 27.5. The van der Waals surface area contributed by atoms with Crippen LogP contribution < -0.4 is 16.4 Å². The van der Waals surface area contributed by atoms with Gasteiger partial charge in [0, 0.05) is 29.4 Å². The van der Waals surface area contributed by atoms with Crippen molar-refractivity contribution in [2.24, 2.45) is 11.7 Å². The van der Waals surface area contributed by atoms with E-state index in [2.05, 4.69) is 28.2 Å². The van der Waals surface area contributed by atoms with Crippen molar-refractivity contribution in [3.05, 3.63) is 36.0 Å². The Morgan fingerprint density at radius 2 is 1.92 bits per heavy atom. The summed E-state index contributed by atoms with van der Waals surface area (Å²) < 4.78 is 0. The summed E-state index contributed by atoms with van der Waals surface area (Å²) >= 11 is 4.24. The summed E-state index contributed by atoms with van der Waals surface area (Å²) in [5.74, 6) is -2.45. The van der Waals surface area contributed by atoms with E-state index in [4.69, 9.17) is 5.73 Å². The number of hydrogen-bond acceptors (Lipinski definition) is 6. The van der Waals surface area contributed by atoms with Crippen molar-refractivity contribution >= 4 is 47.2 Å². The van der Waals surface area contributed by atoms with Gasteiger partial charge in [0.05, 0.1) is 6.04 Å². The minimum Gasteiger partial charge on any atom is -0.480 e. The molecule has 2 aromatic rings. The molecular formula is C25H35N5O5S. The van der Waals surface area contributed by atoms with E-state index in [1.807, 2.05) is 44.3 Å². The van der Waals surface area contributed by atoms with Crippen molar-refractivity contribution in [1.82, 2.24) is 20.5 Å². The molecule has 4 unspecified atom stereocenters. The average molecular weight is 518 g/mol. The molecule has 0 radical (unpaired) electrons. The number of nitrogens with one attached hydrogen (secondary N) is 3. The standard InChI is InChI=1S/C25H35N5O5S/c1-14(2)10-19(25(34)35)28-23(32)21-8-5-9-30(21)24(33)20(13-36)29-22(31)17(26)11-15-12-27-18-7-4-3-6-16(15)18/h3-4,6-7,12,14,17,19-21,27,36H,5,8-11,13,26H2,1-2H3,(H,28,32)(H,29,31)(H,34,35). The van der Waals surface area contributed by atoms with Crippen LogP contribution in [0.5, 0.6) is 0 Å². The van der Waals surface area contributed by atoms with Gasteiger partial charge in [-0.25, -0.2) is 4.79 Å². The van der Waals surface area contributed by atoms with Crippen LogP contribution in [0.3, 0.4) is 0 Å². The van der Waals surface area contributed by atoms with Crippen LogP contribution in [0.15, 0.2) is 30.5 Å². The van der Waals surface area contributed by atoms with Crippen LogP contribution >= 0.6 is 12.6 Å². The number of aromatic amines is 1. The molecule has 0 saturated carbocycles. The molecule has 3 rings (SSSR count). The van der Waals surface area contributed by atoms with Crippen molar-refractivity contribution in [3.8, 4) is 0 Å². The monoisotopic (exact) mass is 517 g/mol. The van der Waals surface area contributed by atoms with Gasteiger partial charge in [-0.05, 0) is 43.2 Å². The van der Waals surface area contributed by atoms with Gasteiger partial charge in [0.1, 0.15) is 18.1 Å². The third kappa shape index (κ3) is 6.58. The predicted octanol–water partition coefficient (Wildman–Crippen LogP) is 1.06. The Morgan fingerprint density at radius 1 is 1.19 bits per heavy atom. The third-order valence-electron chi connectivity index (χ3n) is 6.41. The number of hydrogen-bond donors (Lipinski definition) is 6. The number of rotatable bonds is 11. The van der Waals surface area contributed by atoms with Crippen molar-refractivity contribution in [2.75, 3.05) is 12.3 Å². The Labute approximate surface area is 215 Å². The molecule has 3 amide bonds. The quantitative estimate of drug-likeness (QED) is 0.245. The highest BCUT2D eigenvalue weighted by atomic mass is 32.1. The van der Waals surface area contributed by atoms with Crippen molar-refractivity contribution in [2.45, 2.75) is 63.7 Å². The number of carboxylic acid groups (broad SMARTS) is 1. The van der Waals surface area contributed by atoms with E-state index in [0.717, 1.165) is 16.5 Å². The Kier molecular flexibility index (Phi) is 9.38. The molecule has 11 heteroatoms. The van der Waals surface area contributed by atoms with Gasteiger partial charge in [-0.1, -0.05) is 32.0 Å². The van der Waals surface area contributed by atoms with E-state index in [-0.39, 0.29) is 24.5 Å². The first-order valence-electron chi connectivity index (χ1n) is 12.2. The van der Waals surface area contributed by atoms with Crippen LogP contribution in [-0.4, -0.2) is 75.1 Å². The Morgan fingerprint density at radius 3 is 2.58 bits per heavy atom. The highest BCUT2D eigenvalue weighted by Gasteiger charge is 2.38. The van der Waals surface area contributed by atoms with E-state index in [1.54, 1.807) is 0 Å². The second-order valence-electron chi connectivity index (χ2n) is 9.63. The van der Waals surface area contributed by atoms with Gasteiger partial charge in [0.15, 0.2) is 0 Å². The number of benzene rings is 1. The minimum absolute atomic E-state index is 0.0281. The van der Waals surface area contributed by atoms with E-state index in [1.165, 1.54) is 4.90 Å². The summed E-state index contributed by atoms with van der Waals surface area (Å²) in [6.45, 7) is 4.08. The fourth-order valence-corrected chi connectivity index (χ4v) is 4.81. The molecule has 10 nitrogen and oxygen atoms in total. The molecule has 2 heterocycles. The van der Waals surface area contributed by atoms with Crippen LogP contribution in [0.4, 0.5) is 0 Å². The van der Waals surface area contributed by atoms with Crippen LogP contribution in [0, 0.1) is 5.92 Å². The van der Waals surface area contributed by atoms with E-state index in [9.17, 15) is 24.3 Å². The number of nitrogens with zero attached hydrogens (tertiary/aromatic N) is 1. The number of carboxylic acids is 1. The largest absolute Gasteiger partial charge is 0.480 e. The zero-order chi connectivity index (χ0) is 26.4. The molecule has 0 aliphatic carbocycles. The maximum atomic E-state index is 13.3. The molecule has 1 aliphatic rings. The summed E-state index contributed by atoms with van der Waals surface area (Å²) in [6.07, 6.45) is 3.39. The van der Waals surface area contributed by atoms with Gasteiger partial charge in [0.25, 0.3) is 0 Å². The molecule has 4 atom stereocenters. The molecule has 1 aromatic carbocycles. The fourth-order valence-electron chi connectivity index (χ4n) is 4.56. The fraction of sp³-hybridized carbons (Fsp3) is 0.520. The molecule has 196 valence electrons. The first-order chi connectivity index (χ1) is 17.1. The summed E-state index contributed by atoms with van der Waals surface area (Å²) in [5.41, 5.74) is 8.00. The lowest BCUT2D eigenvalue weighted by Crippen LogP contribution is -2.57. The molecule has 1 aliphatic heterocycles. The first-order valence-corrected chi connectivity index (χ1v) is 12.8. The van der Waals surface area contributed by atoms with Gasteiger partial charge in [-0.3, -0.25) is 14.4 Å². The van der Waals surface area contributed by atoms with Gasteiger partial charge in [-0.2, -0.15) is 12.6 Å². The second kappa shape index (κ2) is 12.3. The second-order valence-corrected chi connectivity index (χ2v) is 10.00. The average Bonchev–Trinajstić information content (AvgIpc) is 3.49. The SMILES string of the molecule is CC(C)CC(NC(=O)C1CCCN1C(=O)C(CS)NC(=O)C(N)Cc1c[nH]c2ccccc12)C(=O)O. The lowest BCUT2D eigenvalue weighted by Gasteiger charge is -2.29. The highest BCUT2D eigenvalue weighted by molar-refractivity contribution is 7.80. The predicted molar refractivity (Wildman–Crippen MR) is 140 cm³/mol. The summed E-state index contributed by atoms with van der Waals surface area (Å²) in [5, 5.41) is 15.7. The number of aliphatic carboxylic acids is 1. The lowest BCUT2D eigenvalue weighted by atomic mass is 10.0. The topological polar surface area (TPSA) is 158 Å². The Balaban J connectivity index is 1.63. The van der Waals surface area contributed by atoms with E-state index < -0.39 is 47.9 Å². The molecule has 1 fully saturated rings. The van der Waals surface area contributed by atoms with Crippen molar-refractivity contribution in [1.29, 1.82) is 0 Å². The third-order valence-corrected chi connectivity index (χ3v) is 6.77. The molecule has 6 N–H and O–H groups in total. The number of aromatic nitrogens is 1. The van der Waals surface area contributed by atoms with Crippen LogP contribution in [0.2, 0.25) is 0 Å². The number of amides is 3. The molecular weight excluding hydrogens is 482 g/mol. The number of carbonyl (C=O) groups is 4. The molecule has 0 bridgehead atoms. The number of nitrogens with two attached hydrogens (primary N) is 1. The lowest BCUT2D eigenvalue weighted by molar-refractivity contribution is -0.145. The zero-order valence-electron chi connectivity index (χ0n) is 20.6. The van der Waals surface area contributed by atoms with E-state index >= 15 is 0 Å². The van der Waals surface area contributed by atoms with Gasteiger partial charge >= 0.3 is 5.97 Å². The summed E-state index contributed by atoms with van der Waals surface area (Å²) in [7, 11) is 0. The number of fused-ring (bicyclic) bond motifs is 1. The van der Waals surface area contributed by atoms with Gasteiger partial charge in [-0.15, -0.1) is 0 Å². The smallest absolute Gasteiger partial charge is 0.326 e. The van der Waals surface area contributed by atoms with E-state index in [0.29, 0.717) is 19.4 Å². The number of likely N-dealkylation sites (tertiary alicyclic amines) is 1. The van der Waals surface area contributed by atoms with Crippen LogP contribution in [0.25, 0.3) is 10.9 Å². The summed E-state index contributed by atoms with van der Waals surface area (Å²) in [4.78, 5) is 55.1. The molecule has 1 saturated heterocycles. The van der Waals surface area contributed by atoms with Gasteiger partial charge < -0.3 is 31.4 Å². The zero-order valence-corrected chi connectivity index (χ0v) is 21.5. The van der Waals surface area contributed by atoms with Crippen molar-refractivity contribution < 1.29 is 24.3 Å². The number of H-pyrrole nitrogens is 1. The Bertz CT molecular complexity index is 1100. The van der Waals surface area contributed by atoms with Crippen LogP contribution in [0.1, 0.15) is 38.7 Å². The molecule has 0 spiro atoms. The normalized spacial score (nSPS) is 18.1. The van der Waals surface area contributed by atoms with Crippen molar-refractivity contribution in [3.63, 3.8) is 0 Å². The minimum atomic E-state index is -1.11. The number of carbonyl (C=O) groups excluding carboxylic acids is 3. The number of para-hydroxylation sites is 1. The van der Waals surface area contributed by atoms with Gasteiger partial charge in [0.2, 0.25) is 17.7 Å². The maximum absolute atomic E-state index is 13.3. The Hall–Kier alpha value is -3.05. The number of thiol groups is 1. The molecule has 36 heavy (non-hydrogen) atoms. The maximum Gasteiger partial charge on any atom is 0.326 e. The molecule has 1 aromatic heterocycles.